The van der Waals surface area contributed by atoms with Crippen molar-refractivity contribution in [3.05, 3.63) is 125 Å². The zero-order valence-corrected chi connectivity index (χ0v) is 21.8. The van der Waals surface area contributed by atoms with Crippen LogP contribution in [0.25, 0.3) is 0 Å². The van der Waals surface area contributed by atoms with Gasteiger partial charge >= 0.3 is 6.18 Å². The van der Waals surface area contributed by atoms with Crippen LogP contribution >= 0.6 is 12.2 Å². The van der Waals surface area contributed by atoms with Crippen LogP contribution in [-0.4, -0.2) is 23.5 Å². The summed E-state index contributed by atoms with van der Waals surface area (Å²) in [5.74, 6) is -0.606. The van der Waals surface area contributed by atoms with Crippen LogP contribution < -0.4 is 20.7 Å². The van der Waals surface area contributed by atoms with Crippen molar-refractivity contribution in [2.75, 3.05) is 17.2 Å². The molecule has 4 aromatic carbocycles. The third kappa shape index (κ3) is 7.90. The van der Waals surface area contributed by atoms with Crippen LogP contribution in [0.2, 0.25) is 0 Å². The molecular weight excluding hydrogens is 539 g/mol. The van der Waals surface area contributed by atoms with E-state index < -0.39 is 23.6 Å². The molecule has 0 heterocycles. The first-order valence-electron chi connectivity index (χ1n) is 12.2. The molecule has 0 fully saturated rings. The van der Waals surface area contributed by atoms with E-state index in [-0.39, 0.29) is 16.4 Å². The number of para-hydroxylation sites is 1. The maximum Gasteiger partial charge on any atom is 0.416 e. The van der Waals surface area contributed by atoms with Crippen LogP contribution in [0.15, 0.2) is 103 Å². The minimum absolute atomic E-state index is 0.0234. The molecule has 4 aromatic rings. The number of hydrogen-bond donors (Lipinski definition) is 3. The Bertz CT molecular complexity index is 1490. The molecule has 6 nitrogen and oxygen atoms in total. The summed E-state index contributed by atoms with van der Waals surface area (Å²) >= 11 is 5.27. The highest BCUT2D eigenvalue weighted by Crippen LogP contribution is 2.30. The molecular formula is C30H24F3N3O3S. The normalized spacial score (nSPS) is 10.9. The van der Waals surface area contributed by atoms with Gasteiger partial charge in [0.25, 0.3) is 11.8 Å². The van der Waals surface area contributed by atoms with Crippen LogP contribution in [0.4, 0.5) is 24.5 Å². The summed E-state index contributed by atoms with van der Waals surface area (Å²) in [5, 5.41) is 7.96. The van der Waals surface area contributed by atoms with Gasteiger partial charge in [0, 0.05) is 23.4 Å². The van der Waals surface area contributed by atoms with Gasteiger partial charge in [-0.05, 0) is 72.4 Å². The molecule has 0 aromatic heterocycles. The van der Waals surface area contributed by atoms with Gasteiger partial charge in [-0.15, -0.1) is 0 Å². The number of carbonyl (C=O) groups excluding carboxylic acids is 2. The second-order valence-electron chi connectivity index (χ2n) is 8.60. The number of carbonyl (C=O) groups is 2. The molecule has 4 rings (SSSR count). The number of benzene rings is 4. The topological polar surface area (TPSA) is 79.5 Å². The molecule has 0 unspecified atom stereocenters. The second kappa shape index (κ2) is 12.9. The van der Waals surface area contributed by atoms with Crippen molar-refractivity contribution in [3.63, 3.8) is 0 Å². The van der Waals surface area contributed by atoms with E-state index in [9.17, 15) is 22.8 Å². The van der Waals surface area contributed by atoms with E-state index >= 15 is 0 Å². The van der Waals surface area contributed by atoms with Gasteiger partial charge < -0.3 is 15.4 Å². The summed E-state index contributed by atoms with van der Waals surface area (Å²) in [6.45, 7) is 0.394. The molecule has 0 aliphatic carbocycles. The molecule has 2 amide bonds. The van der Waals surface area contributed by atoms with Gasteiger partial charge in [0.1, 0.15) is 5.75 Å². The number of halogens is 3. The number of rotatable bonds is 8. The number of alkyl halides is 3. The highest BCUT2D eigenvalue weighted by molar-refractivity contribution is 7.80. The summed E-state index contributed by atoms with van der Waals surface area (Å²) < 4.78 is 44.6. The van der Waals surface area contributed by atoms with Crippen LogP contribution in [0.1, 0.15) is 31.8 Å². The number of anilines is 2. The Kier molecular flexibility index (Phi) is 9.13. The highest BCUT2D eigenvalue weighted by Gasteiger charge is 2.30. The second-order valence-corrected chi connectivity index (χ2v) is 9.01. The smallest absolute Gasteiger partial charge is 0.416 e. The predicted octanol–water partition coefficient (Wildman–Crippen LogP) is 6.71. The first kappa shape index (κ1) is 28.3. The Morgan fingerprint density at radius 3 is 2.17 bits per heavy atom. The molecule has 0 saturated carbocycles. The summed E-state index contributed by atoms with van der Waals surface area (Å²) in [7, 11) is 0. The predicted molar refractivity (Wildman–Crippen MR) is 152 cm³/mol. The molecule has 3 N–H and O–H groups in total. The van der Waals surface area contributed by atoms with Crippen molar-refractivity contribution in [2.24, 2.45) is 0 Å². The van der Waals surface area contributed by atoms with Crippen LogP contribution in [-0.2, 0) is 12.6 Å². The lowest BCUT2D eigenvalue weighted by molar-refractivity contribution is -0.137. The fraction of sp³-hybridized carbons (Fsp3) is 0.100. The number of hydrogen-bond acceptors (Lipinski definition) is 4. The number of amides is 2. The monoisotopic (exact) mass is 563 g/mol. The third-order valence-corrected chi connectivity index (χ3v) is 5.91. The Labute approximate surface area is 234 Å². The van der Waals surface area contributed by atoms with E-state index in [1.165, 1.54) is 24.3 Å². The standard InChI is InChI=1S/C30H24F3N3O3S/c31-30(32,33)22-9-6-10-24(19-22)34-27(37)21-13-15-23(16-14-21)35-29(40)36-28(38)25-11-4-5-12-26(25)39-18-17-20-7-2-1-3-8-20/h1-16,19H,17-18H2,(H,34,37)(H2,35,36,38,40). The zero-order chi connectivity index (χ0) is 28.5. The molecule has 0 spiro atoms. The van der Waals surface area contributed by atoms with E-state index in [2.05, 4.69) is 16.0 Å². The molecule has 0 atom stereocenters. The van der Waals surface area contributed by atoms with Gasteiger partial charge in [-0.2, -0.15) is 13.2 Å². The number of nitrogens with one attached hydrogen (secondary N) is 3. The molecule has 0 saturated heterocycles. The maximum absolute atomic E-state index is 12.9. The van der Waals surface area contributed by atoms with Crippen molar-refractivity contribution in [1.82, 2.24) is 5.32 Å². The van der Waals surface area contributed by atoms with Gasteiger partial charge in [-0.1, -0.05) is 48.5 Å². The van der Waals surface area contributed by atoms with Crippen molar-refractivity contribution in [2.45, 2.75) is 12.6 Å². The van der Waals surface area contributed by atoms with Crippen molar-refractivity contribution in [3.8, 4) is 5.75 Å². The summed E-state index contributed by atoms with van der Waals surface area (Å²) in [4.78, 5) is 25.4. The summed E-state index contributed by atoms with van der Waals surface area (Å²) in [6.07, 6.45) is -3.83. The quantitative estimate of drug-likeness (QED) is 0.208. The Hall–Kier alpha value is -4.70. The number of thiocarbonyl (C=S) groups is 1. The first-order valence-corrected chi connectivity index (χ1v) is 12.6. The van der Waals surface area contributed by atoms with Crippen molar-refractivity contribution >= 4 is 40.5 Å². The lowest BCUT2D eigenvalue weighted by atomic mass is 10.1. The molecule has 204 valence electrons. The van der Waals surface area contributed by atoms with Gasteiger partial charge in [-0.3, -0.25) is 14.9 Å². The maximum atomic E-state index is 12.9. The lowest BCUT2D eigenvalue weighted by Crippen LogP contribution is -2.34. The lowest BCUT2D eigenvalue weighted by Gasteiger charge is -2.13. The molecule has 10 heteroatoms. The molecule has 0 radical (unpaired) electrons. The fourth-order valence-electron chi connectivity index (χ4n) is 3.72. The highest BCUT2D eigenvalue weighted by atomic mass is 32.1. The molecule has 0 bridgehead atoms. The number of ether oxygens (including phenoxy) is 1. The van der Waals surface area contributed by atoms with E-state index in [0.29, 0.717) is 30.0 Å². The summed E-state index contributed by atoms with van der Waals surface area (Å²) in [6, 6.07) is 27.1. The minimum atomic E-state index is -4.51. The van der Waals surface area contributed by atoms with Crippen LogP contribution in [0.5, 0.6) is 5.75 Å². The van der Waals surface area contributed by atoms with Crippen LogP contribution in [0.3, 0.4) is 0 Å². The average Bonchev–Trinajstić information content (AvgIpc) is 2.94. The van der Waals surface area contributed by atoms with Gasteiger partial charge in [0.05, 0.1) is 17.7 Å². The zero-order valence-electron chi connectivity index (χ0n) is 21.0. The Morgan fingerprint density at radius 1 is 0.750 bits per heavy atom. The van der Waals surface area contributed by atoms with Crippen molar-refractivity contribution < 1.29 is 27.5 Å². The Morgan fingerprint density at radius 2 is 1.45 bits per heavy atom. The average molecular weight is 564 g/mol. The van der Waals surface area contributed by atoms with E-state index in [1.807, 2.05) is 30.3 Å². The van der Waals surface area contributed by atoms with E-state index in [0.717, 1.165) is 17.7 Å². The van der Waals surface area contributed by atoms with Gasteiger partial charge in [-0.25, -0.2) is 0 Å². The summed E-state index contributed by atoms with van der Waals surface area (Å²) in [5.41, 5.74) is 1.32. The van der Waals surface area contributed by atoms with E-state index in [1.54, 1.807) is 36.4 Å². The molecule has 40 heavy (non-hydrogen) atoms. The minimum Gasteiger partial charge on any atom is -0.492 e. The molecule has 0 aliphatic heterocycles. The third-order valence-electron chi connectivity index (χ3n) is 5.70. The Balaban J connectivity index is 1.31. The fourth-order valence-corrected chi connectivity index (χ4v) is 3.93. The van der Waals surface area contributed by atoms with Crippen LogP contribution in [0, 0.1) is 0 Å². The first-order chi connectivity index (χ1) is 19.2. The van der Waals surface area contributed by atoms with Crippen molar-refractivity contribution in [1.29, 1.82) is 0 Å². The molecule has 0 aliphatic rings. The largest absolute Gasteiger partial charge is 0.492 e. The van der Waals surface area contributed by atoms with Gasteiger partial charge in [0.15, 0.2) is 5.11 Å². The SMILES string of the molecule is O=C(Nc1cccc(C(F)(F)F)c1)c1ccc(NC(=S)NC(=O)c2ccccc2OCCc2ccccc2)cc1. The van der Waals surface area contributed by atoms with E-state index in [4.69, 9.17) is 17.0 Å². The van der Waals surface area contributed by atoms with Gasteiger partial charge in [0.2, 0.25) is 0 Å².